The van der Waals surface area contributed by atoms with Crippen LogP contribution in [0.3, 0.4) is 0 Å². The summed E-state index contributed by atoms with van der Waals surface area (Å²) in [6.45, 7) is 4.70. The van der Waals surface area contributed by atoms with Crippen LogP contribution in [-0.2, 0) is 6.42 Å². The largest absolute Gasteiger partial charge is 0.494 e. The van der Waals surface area contributed by atoms with Gasteiger partial charge in [0.15, 0.2) is 0 Å². The zero-order chi connectivity index (χ0) is 13.8. The van der Waals surface area contributed by atoms with Gasteiger partial charge >= 0.3 is 0 Å². The lowest BCUT2D eigenvalue weighted by molar-refractivity contribution is 0.222. The van der Waals surface area contributed by atoms with Crippen LogP contribution in [-0.4, -0.2) is 11.7 Å². The minimum atomic E-state index is -0.583. The van der Waals surface area contributed by atoms with Gasteiger partial charge in [-0.2, -0.15) is 0 Å². The first kappa shape index (κ1) is 14.6. The lowest BCUT2D eigenvalue weighted by Gasteiger charge is -2.14. The number of thiophene rings is 1. The van der Waals surface area contributed by atoms with Crippen LogP contribution in [0, 0.1) is 0 Å². The van der Waals surface area contributed by atoms with Gasteiger partial charge in [-0.3, -0.25) is 0 Å². The van der Waals surface area contributed by atoms with E-state index in [2.05, 4.69) is 28.9 Å². The summed E-state index contributed by atoms with van der Waals surface area (Å²) in [7, 11) is 0. The highest BCUT2D eigenvalue weighted by molar-refractivity contribution is 9.10. The van der Waals surface area contributed by atoms with Gasteiger partial charge in [-0.05, 0) is 42.5 Å². The van der Waals surface area contributed by atoms with Crippen LogP contribution in [0.5, 0.6) is 5.75 Å². The molecular formula is C15H17BrO2S. The standard InChI is InChI=1S/C15H17BrO2S/c1-3-10-7-8-19-15(10)14(17)12-6-5-11(18-4-2)9-13(12)16/h5-9,14,17H,3-4H2,1-2H3. The second-order valence-electron chi connectivity index (χ2n) is 4.18. The molecule has 1 N–H and O–H groups in total. The fourth-order valence-corrected chi connectivity index (χ4v) is 3.58. The zero-order valence-corrected chi connectivity index (χ0v) is 13.4. The Balaban J connectivity index is 2.31. The maximum atomic E-state index is 10.5. The number of hydrogen-bond acceptors (Lipinski definition) is 3. The molecule has 1 heterocycles. The Morgan fingerprint density at radius 3 is 2.74 bits per heavy atom. The molecular weight excluding hydrogens is 324 g/mol. The van der Waals surface area contributed by atoms with E-state index in [1.165, 1.54) is 5.56 Å². The van der Waals surface area contributed by atoms with Gasteiger partial charge in [-0.15, -0.1) is 11.3 Å². The summed E-state index contributed by atoms with van der Waals surface area (Å²) >= 11 is 5.11. The molecule has 0 aliphatic carbocycles. The van der Waals surface area contributed by atoms with Crippen molar-refractivity contribution in [3.8, 4) is 5.75 Å². The predicted molar refractivity (Wildman–Crippen MR) is 83.1 cm³/mol. The van der Waals surface area contributed by atoms with E-state index in [-0.39, 0.29) is 0 Å². The number of halogens is 1. The molecule has 0 fully saturated rings. The van der Waals surface area contributed by atoms with Crippen LogP contribution in [0.2, 0.25) is 0 Å². The first-order valence-electron chi connectivity index (χ1n) is 6.33. The van der Waals surface area contributed by atoms with E-state index in [1.807, 2.05) is 30.5 Å². The Bertz CT molecular complexity index is 551. The first-order valence-corrected chi connectivity index (χ1v) is 8.01. The Hall–Kier alpha value is -0.840. The maximum absolute atomic E-state index is 10.5. The zero-order valence-electron chi connectivity index (χ0n) is 11.0. The van der Waals surface area contributed by atoms with Crippen LogP contribution in [0.1, 0.15) is 36.0 Å². The molecule has 4 heteroatoms. The molecule has 1 aromatic heterocycles. The highest BCUT2D eigenvalue weighted by Crippen LogP contribution is 2.35. The summed E-state index contributed by atoms with van der Waals surface area (Å²) in [4.78, 5) is 1.02. The highest BCUT2D eigenvalue weighted by Gasteiger charge is 2.18. The van der Waals surface area contributed by atoms with Gasteiger partial charge in [0, 0.05) is 14.9 Å². The molecule has 1 unspecified atom stereocenters. The average Bonchev–Trinajstić information content (AvgIpc) is 2.87. The molecule has 0 saturated carbocycles. The van der Waals surface area contributed by atoms with Crippen LogP contribution >= 0.6 is 27.3 Å². The van der Waals surface area contributed by atoms with E-state index in [9.17, 15) is 5.11 Å². The van der Waals surface area contributed by atoms with Gasteiger partial charge < -0.3 is 9.84 Å². The summed E-state index contributed by atoms with van der Waals surface area (Å²) in [6.07, 6.45) is 0.352. The van der Waals surface area contributed by atoms with Gasteiger partial charge in [-0.25, -0.2) is 0 Å². The van der Waals surface area contributed by atoms with Crippen molar-refractivity contribution in [2.75, 3.05) is 6.61 Å². The predicted octanol–water partition coefficient (Wildman–Crippen LogP) is 4.55. The third kappa shape index (κ3) is 3.19. The number of hydrogen-bond donors (Lipinski definition) is 1. The van der Waals surface area contributed by atoms with Crippen molar-refractivity contribution in [2.45, 2.75) is 26.4 Å². The normalized spacial score (nSPS) is 12.4. The molecule has 2 rings (SSSR count). The quantitative estimate of drug-likeness (QED) is 0.864. The molecule has 0 aliphatic heterocycles. The van der Waals surface area contributed by atoms with Crippen molar-refractivity contribution in [1.29, 1.82) is 0 Å². The Morgan fingerprint density at radius 2 is 2.11 bits per heavy atom. The van der Waals surface area contributed by atoms with Gasteiger partial charge in [0.2, 0.25) is 0 Å². The summed E-state index contributed by atoms with van der Waals surface area (Å²) in [5.74, 6) is 0.812. The molecule has 0 aliphatic rings. The maximum Gasteiger partial charge on any atom is 0.120 e. The van der Waals surface area contributed by atoms with Crippen molar-refractivity contribution >= 4 is 27.3 Å². The second-order valence-corrected chi connectivity index (χ2v) is 5.98. The van der Waals surface area contributed by atoms with E-state index >= 15 is 0 Å². The Labute approximate surface area is 126 Å². The van der Waals surface area contributed by atoms with Crippen molar-refractivity contribution in [3.63, 3.8) is 0 Å². The lowest BCUT2D eigenvalue weighted by atomic mass is 10.0. The highest BCUT2D eigenvalue weighted by atomic mass is 79.9. The monoisotopic (exact) mass is 340 g/mol. The van der Waals surface area contributed by atoms with Gasteiger partial charge in [-0.1, -0.05) is 28.9 Å². The van der Waals surface area contributed by atoms with Crippen LogP contribution in [0.4, 0.5) is 0 Å². The fraction of sp³-hybridized carbons (Fsp3) is 0.333. The minimum absolute atomic E-state index is 0.583. The molecule has 0 radical (unpaired) electrons. The summed E-state index contributed by atoms with van der Waals surface area (Å²) < 4.78 is 6.32. The third-order valence-corrected chi connectivity index (χ3v) is 4.69. The van der Waals surface area contributed by atoms with Crippen molar-refractivity contribution in [1.82, 2.24) is 0 Å². The Morgan fingerprint density at radius 1 is 1.32 bits per heavy atom. The van der Waals surface area contributed by atoms with Crippen molar-refractivity contribution < 1.29 is 9.84 Å². The molecule has 2 nitrogen and oxygen atoms in total. The van der Waals surface area contributed by atoms with Gasteiger partial charge in [0.05, 0.1) is 6.61 Å². The molecule has 2 aromatic rings. The number of rotatable bonds is 5. The number of ether oxygens (including phenoxy) is 1. The summed E-state index contributed by atoms with van der Waals surface area (Å²) in [5.41, 5.74) is 2.08. The summed E-state index contributed by atoms with van der Waals surface area (Å²) in [6, 6.07) is 7.79. The fourth-order valence-electron chi connectivity index (χ4n) is 2.01. The number of aliphatic hydroxyl groups excluding tert-OH is 1. The minimum Gasteiger partial charge on any atom is -0.494 e. The van der Waals surface area contributed by atoms with E-state index in [0.717, 1.165) is 27.1 Å². The Kier molecular flexibility index (Phi) is 5.02. The number of aryl methyl sites for hydroxylation is 1. The lowest BCUT2D eigenvalue weighted by Crippen LogP contribution is -2.02. The van der Waals surface area contributed by atoms with Crippen LogP contribution in [0.15, 0.2) is 34.1 Å². The topological polar surface area (TPSA) is 29.5 Å². The van der Waals surface area contributed by atoms with Crippen molar-refractivity contribution in [2.24, 2.45) is 0 Å². The van der Waals surface area contributed by atoms with E-state index in [4.69, 9.17) is 4.74 Å². The molecule has 19 heavy (non-hydrogen) atoms. The number of aliphatic hydroxyl groups is 1. The third-order valence-electron chi connectivity index (χ3n) is 2.99. The van der Waals surface area contributed by atoms with Crippen LogP contribution in [0.25, 0.3) is 0 Å². The molecule has 0 spiro atoms. The molecule has 0 bridgehead atoms. The SMILES string of the molecule is CCOc1ccc(C(O)c2sccc2CC)c(Br)c1. The van der Waals surface area contributed by atoms with Gasteiger partial charge in [0.25, 0.3) is 0 Å². The average molecular weight is 341 g/mol. The smallest absolute Gasteiger partial charge is 0.120 e. The van der Waals surface area contributed by atoms with Crippen molar-refractivity contribution in [3.05, 3.63) is 50.1 Å². The second kappa shape index (κ2) is 6.55. The molecule has 0 saturated heterocycles. The molecule has 1 atom stereocenters. The van der Waals surface area contributed by atoms with E-state index < -0.39 is 6.10 Å². The summed E-state index contributed by atoms with van der Waals surface area (Å²) in [5, 5.41) is 12.6. The van der Waals surface area contributed by atoms with Gasteiger partial charge in [0.1, 0.15) is 11.9 Å². The van der Waals surface area contributed by atoms with E-state index in [0.29, 0.717) is 6.61 Å². The molecule has 1 aromatic carbocycles. The first-order chi connectivity index (χ1) is 9.17. The number of benzene rings is 1. The van der Waals surface area contributed by atoms with Crippen LogP contribution < -0.4 is 4.74 Å². The molecule has 0 amide bonds. The van der Waals surface area contributed by atoms with E-state index in [1.54, 1.807) is 11.3 Å². The molecule has 102 valence electrons.